The number of carboxylic acids is 1. The van der Waals surface area contributed by atoms with Gasteiger partial charge in [-0.25, -0.2) is 4.79 Å². The van der Waals surface area contributed by atoms with Gasteiger partial charge in [0.2, 0.25) is 5.91 Å². The number of β-lactam (4-membered cyclic amide) rings is 1. The summed E-state index contributed by atoms with van der Waals surface area (Å²) in [7, 11) is 0. The van der Waals surface area contributed by atoms with Gasteiger partial charge in [0, 0.05) is 11.3 Å². The van der Waals surface area contributed by atoms with Crippen LogP contribution < -0.4 is 11.5 Å². The van der Waals surface area contributed by atoms with Crippen molar-refractivity contribution in [3.63, 3.8) is 0 Å². The number of carboxylic acid groups (broad SMARTS) is 1. The number of amides is 2. The Morgan fingerprint density at radius 3 is 2.81 bits per heavy atom. The van der Waals surface area contributed by atoms with Crippen molar-refractivity contribution in [2.45, 2.75) is 18.3 Å². The lowest BCUT2D eigenvalue weighted by Crippen LogP contribution is -2.68. The number of oxime groups is 1. The van der Waals surface area contributed by atoms with E-state index in [0.717, 1.165) is 4.90 Å². The van der Waals surface area contributed by atoms with Crippen molar-refractivity contribution in [2.24, 2.45) is 16.6 Å². The fourth-order valence-electron chi connectivity index (χ4n) is 2.04. The maximum Gasteiger partial charge on any atom is 0.353 e. The van der Waals surface area contributed by atoms with Gasteiger partial charge in [0.05, 0.1) is 5.71 Å². The molecule has 10 heteroatoms. The minimum absolute atomic E-state index is 0.144. The fraction of sp³-hybridized carbons (Fsp3) is 0.455. The van der Waals surface area contributed by atoms with Crippen LogP contribution in [0.25, 0.3) is 0 Å². The van der Waals surface area contributed by atoms with E-state index in [9.17, 15) is 19.5 Å². The molecule has 1 fully saturated rings. The molecule has 2 heterocycles. The third kappa shape index (κ3) is 2.72. The van der Waals surface area contributed by atoms with E-state index in [0.29, 0.717) is 11.3 Å². The van der Waals surface area contributed by atoms with Crippen LogP contribution in [0.2, 0.25) is 0 Å². The molecule has 0 aromatic carbocycles. The van der Waals surface area contributed by atoms with Crippen molar-refractivity contribution in [1.29, 1.82) is 0 Å². The third-order valence-electron chi connectivity index (χ3n) is 3.06. The molecule has 0 aliphatic carbocycles. The van der Waals surface area contributed by atoms with E-state index in [1.165, 1.54) is 18.7 Å². The Morgan fingerprint density at radius 2 is 2.24 bits per heavy atom. The largest absolute Gasteiger partial charge is 0.477 e. The van der Waals surface area contributed by atoms with E-state index >= 15 is 0 Å². The van der Waals surface area contributed by atoms with Crippen LogP contribution >= 0.6 is 11.8 Å². The number of hydrogen-bond donors (Lipinski definition) is 3. The lowest BCUT2D eigenvalue weighted by molar-refractivity contribution is -0.147. The summed E-state index contributed by atoms with van der Waals surface area (Å²) in [5.41, 5.74) is 11.0. The smallest absolute Gasteiger partial charge is 0.353 e. The van der Waals surface area contributed by atoms with Crippen LogP contribution in [0, 0.1) is 0 Å². The molecule has 2 aliphatic heterocycles. The van der Waals surface area contributed by atoms with Crippen LogP contribution in [0.15, 0.2) is 16.4 Å². The maximum atomic E-state index is 11.7. The van der Waals surface area contributed by atoms with Crippen molar-refractivity contribution in [1.82, 2.24) is 4.90 Å². The molecule has 21 heavy (non-hydrogen) atoms. The summed E-state index contributed by atoms with van der Waals surface area (Å²) < 4.78 is 0. The first-order valence-electron chi connectivity index (χ1n) is 5.96. The Hall–Kier alpha value is -2.07. The second-order valence-corrected chi connectivity index (χ2v) is 5.59. The highest BCUT2D eigenvalue weighted by Crippen LogP contribution is 2.39. The SMILES string of the molecule is C/C(=N/OCC(N)=O)C1=C(C(=O)O)N2C(=O)[C@@H](N)[C@H]2SC1. The number of primary amides is 1. The molecule has 2 amide bonds. The molecule has 2 rings (SSSR count). The Kier molecular flexibility index (Phi) is 4.19. The van der Waals surface area contributed by atoms with Crippen LogP contribution in [-0.2, 0) is 19.2 Å². The summed E-state index contributed by atoms with van der Waals surface area (Å²) in [6.45, 7) is 1.13. The quantitative estimate of drug-likeness (QED) is 0.316. The first kappa shape index (κ1) is 15.3. The first-order valence-corrected chi connectivity index (χ1v) is 7.01. The number of rotatable bonds is 5. The van der Waals surface area contributed by atoms with Gasteiger partial charge in [0.15, 0.2) is 6.61 Å². The topological polar surface area (TPSA) is 148 Å². The van der Waals surface area contributed by atoms with Crippen molar-refractivity contribution < 1.29 is 24.3 Å². The second kappa shape index (κ2) is 5.74. The average Bonchev–Trinajstić information content (AvgIpc) is 2.44. The lowest BCUT2D eigenvalue weighted by Gasteiger charge is -2.47. The number of hydrogen-bond acceptors (Lipinski definition) is 7. The second-order valence-electron chi connectivity index (χ2n) is 4.48. The number of aliphatic carboxylic acids is 1. The number of thioether (sulfide) groups is 1. The molecular weight excluding hydrogens is 300 g/mol. The number of carbonyl (C=O) groups is 3. The van der Waals surface area contributed by atoms with E-state index in [1.54, 1.807) is 0 Å². The molecular formula is C11H14N4O5S. The van der Waals surface area contributed by atoms with Gasteiger partial charge >= 0.3 is 5.97 Å². The predicted octanol–water partition coefficient (Wildman–Crippen LogP) is -1.55. The number of nitrogens with zero attached hydrogens (tertiary/aromatic N) is 2. The van der Waals surface area contributed by atoms with E-state index in [2.05, 4.69) is 5.16 Å². The van der Waals surface area contributed by atoms with Gasteiger partial charge < -0.3 is 21.4 Å². The Morgan fingerprint density at radius 1 is 1.57 bits per heavy atom. The zero-order valence-corrected chi connectivity index (χ0v) is 11.9. The zero-order chi connectivity index (χ0) is 15.7. The van der Waals surface area contributed by atoms with Crippen molar-refractivity contribution in [2.75, 3.05) is 12.4 Å². The Labute approximate surface area is 123 Å². The van der Waals surface area contributed by atoms with E-state index < -0.39 is 30.4 Å². The standard InChI is InChI=1S/C11H14N4O5S/c1-4(14-20-2-6(12)16)5-3-21-10-7(13)9(17)15(10)8(5)11(18)19/h7,10H,2-3,13H2,1H3,(H2,12,16)(H,18,19)/b14-4-/t7-,10-/m1/s1. The number of carbonyl (C=O) groups excluding carboxylic acids is 2. The minimum Gasteiger partial charge on any atom is -0.477 e. The average molecular weight is 314 g/mol. The van der Waals surface area contributed by atoms with E-state index in [4.69, 9.17) is 16.3 Å². The van der Waals surface area contributed by atoms with Crippen LogP contribution in [0.4, 0.5) is 0 Å². The molecule has 0 unspecified atom stereocenters. The monoisotopic (exact) mass is 314 g/mol. The van der Waals surface area contributed by atoms with Crippen LogP contribution in [0.1, 0.15) is 6.92 Å². The molecule has 1 saturated heterocycles. The van der Waals surface area contributed by atoms with Crippen molar-refractivity contribution >= 4 is 35.3 Å². The van der Waals surface area contributed by atoms with Crippen molar-refractivity contribution in [3.8, 4) is 0 Å². The molecule has 0 saturated carbocycles. The minimum atomic E-state index is -1.24. The summed E-state index contributed by atoms with van der Waals surface area (Å²) in [5, 5.41) is 12.6. The van der Waals surface area contributed by atoms with Crippen LogP contribution in [0.5, 0.6) is 0 Å². The first-order chi connectivity index (χ1) is 9.84. The summed E-state index contributed by atoms with van der Waals surface area (Å²) in [4.78, 5) is 39.6. The molecule has 9 nitrogen and oxygen atoms in total. The normalized spacial score (nSPS) is 25.3. The number of fused-ring (bicyclic) bond motifs is 1. The Bertz CT molecular complexity index is 573. The van der Waals surface area contributed by atoms with Crippen LogP contribution in [0.3, 0.4) is 0 Å². The molecule has 0 bridgehead atoms. The molecule has 0 spiro atoms. The summed E-state index contributed by atoms with van der Waals surface area (Å²) in [6, 6.07) is -0.686. The van der Waals surface area contributed by atoms with Crippen molar-refractivity contribution in [3.05, 3.63) is 11.3 Å². The van der Waals surface area contributed by atoms with Gasteiger partial charge in [0.1, 0.15) is 17.1 Å². The fourth-order valence-corrected chi connectivity index (χ4v) is 3.41. The van der Waals surface area contributed by atoms with Gasteiger partial charge in [-0.2, -0.15) is 0 Å². The third-order valence-corrected chi connectivity index (χ3v) is 4.36. The highest BCUT2D eigenvalue weighted by Gasteiger charge is 2.52. The van der Waals surface area contributed by atoms with E-state index in [1.807, 2.05) is 0 Å². The molecule has 2 aliphatic rings. The Balaban J connectivity index is 2.28. The molecule has 114 valence electrons. The summed E-state index contributed by atoms with van der Waals surface area (Å²) in [5.74, 6) is -2.03. The van der Waals surface area contributed by atoms with E-state index in [-0.39, 0.29) is 16.8 Å². The maximum absolute atomic E-state index is 11.7. The van der Waals surface area contributed by atoms with Gasteiger partial charge in [0.25, 0.3) is 5.91 Å². The van der Waals surface area contributed by atoms with Crippen LogP contribution in [-0.4, -0.2) is 57.3 Å². The summed E-state index contributed by atoms with van der Waals surface area (Å²) in [6.07, 6.45) is 0. The molecule has 2 atom stereocenters. The highest BCUT2D eigenvalue weighted by molar-refractivity contribution is 8.00. The predicted molar refractivity (Wildman–Crippen MR) is 74.0 cm³/mol. The molecule has 5 N–H and O–H groups in total. The zero-order valence-electron chi connectivity index (χ0n) is 11.1. The lowest BCUT2D eigenvalue weighted by atomic mass is 10.0. The highest BCUT2D eigenvalue weighted by atomic mass is 32.2. The summed E-state index contributed by atoms with van der Waals surface area (Å²) >= 11 is 1.35. The molecule has 0 aromatic rings. The van der Waals surface area contributed by atoms with Gasteiger partial charge in [-0.05, 0) is 6.92 Å². The van der Waals surface area contributed by atoms with Gasteiger partial charge in [-0.15, -0.1) is 11.8 Å². The molecule has 0 radical (unpaired) electrons. The molecule has 0 aromatic heterocycles. The van der Waals surface area contributed by atoms with Gasteiger partial charge in [-0.1, -0.05) is 5.16 Å². The van der Waals surface area contributed by atoms with Gasteiger partial charge in [-0.3, -0.25) is 14.5 Å². The number of nitrogens with two attached hydrogens (primary N) is 2.